The number of likely N-dealkylation sites (tertiary alicyclic amines) is 1. The Hall–Kier alpha value is -2.21. The van der Waals surface area contributed by atoms with Crippen LogP contribution >= 0.6 is 0 Å². The second-order valence-electron chi connectivity index (χ2n) is 6.06. The van der Waals surface area contributed by atoms with E-state index in [2.05, 4.69) is 42.8 Å². The summed E-state index contributed by atoms with van der Waals surface area (Å²) in [5.41, 5.74) is 3.03. The van der Waals surface area contributed by atoms with Crippen molar-refractivity contribution >= 4 is 11.2 Å². The van der Waals surface area contributed by atoms with Crippen molar-refractivity contribution in [3.8, 4) is 0 Å². The van der Waals surface area contributed by atoms with Crippen molar-refractivity contribution < 1.29 is 0 Å². The number of hydrogen-bond donors (Lipinski definition) is 1. The maximum Gasteiger partial charge on any atom is 0.177 e. The van der Waals surface area contributed by atoms with E-state index in [-0.39, 0.29) is 0 Å². The van der Waals surface area contributed by atoms with E-state index in [0.717, 1.165) is 36.6 Å². The van der Waals surface area contributed by atoms with E-state index in [4.69, 9.17) is 0 Å². The van der Waals surface area contributed by atoms with Crippen molar-refractivity contribution in [2.75, 3.05) is 6.54 Å². The molecule has 0 radical (unpaired) electrons. The molecule has 22 heavy (non-hydrogen) atoms. The van der Waals surface area contributed by atoms with Gasteiger partial charge in [0.15, 0.2) is 5.65 Å². The lowest BCUT2D eigenvalue weighted by Gasteiger charge is -2.23. The molecule has 3 aromatic heterocycles. The van der Waals surface area contributed by atoms with Crippen LogP contribution in [0.3, 0.4) is 0 Å². The number of aromatic nitrogens is 5. The van der Waals surface area contributed by atoms with Gasteiger partial charge in [-0.3, -0.25) is 9.58 Å². The molecule has 0 aliphatic carbocycles. The third-order valence-corrected chi connectivity index (χ3v) is 4.32. The van der Waals surface area contributed by atoms with Gasteiger partial charge in [0.25, 0.3) is 0 Å². The molecular formula is C16H20N6. The molecule has 1 saturated heterocycles. The lowest BCUT2D eigenvalue weighted by Crippen LogP contribution is -2.33. The monoisotopic (exact) mass is 296 g/mol. The average molecular weight is 296 g/mol. The number of aryl methyl sites for hydroxylation is 1. The molecule has 114 valence electrons. The van der Waals surface area contributed by atoms with Crippen molar-refractivity contribution in [2.45, 2.75) is 38.9 Å². The first-order valence-electron chi connectivity index (χ1n) is 7.81. The molecule has 4 heterocycles. The van der Waals surface area contributed by atoms with Crippen LogP contribution in [0.25, 0.3) is 11.2 Å². The molecule has 1 aliphatic heterocycles. The van der Waals surface area contributed by atoms with E-state index in [9.17, 15) is 0 Å². The van der Waals surface area contributed by atoms with Gasteiger partial charge in [-0.2, -0.15) is 5.10 Å². The van der Waals surface area contributed by atoms with Crippen LogP contribution < -0.4 is 0 Å². The predicted molar refractivity (Wildman–Crippen MR) is 84.3 cm³/mol. The first-order chi connectivity index (χ1) is 10.8. The summed E-state index contributed by atoms with van der Waals surface area (Å²) >= 11 is 0. The van der Waals surface area contributed by atoms with Crippen LogP contribution in [-0.4, -0.2) is 42.2 Å². The minimum absolute atomic E-state index is 0.528. The summed E-state index contributed by atoms with van der Waals surface area (Å²) in [7, 11) is 0. The smallest absolute Gasteiger partial charge is 0.177 e. The Kier molecular flexibility index (Phi) is 3.38. The highest BCUT2D eigenvalue weighted by Gasteiger charge is 2.26. The van der Waals surface area contributed by atoms with Gasteiger partial charge in [0.1, 0.15) is 5.82 Å². The number of imidazole rings is 1. The molecule has 6 nitrogen and oxygen atoms in total. The number of hydrogen-bond acceptors (Lipinski definition) is 4. The van der Waals surface area contributed by atoms with Crippen LogP contribution in [0.4, 0.5) is 0 Å². The minimum Gasteiger partial charge on any atom is -0.340 e. The van der Waals surface area contributed by atoms with Crippen LogP contribution in [0, 0.1) is 6.92 Å². The Bertz CT molecular complexity index is 741. The minimum atomic E-state index is 0.528. The van der Waals surface area contributed by atoms with Crippen LogP contribution in [0.15, 0.2) is 30.7 Å². The normalized spacial score (nSPS) is 19.2. The Balaban J connectivity index is 1.48. The van der Waals surface area contributed by atoms with Gasteiger partial charge in [-0.25, -0.2) is 9.97 Å². The van der Waals surface area contributed by atoms with Crippen molar-refractivity contribution in [3.63, 3.8) is 0 Å². The molecule has 0 bridgehead atoms. The number of nitrogens with zero attached hydrogens (tertiary/aromatic N) is 5. The van der Waals surface area contributed by atoms with Crippen LogP contribution in [0.2, 0.25) is 0 Å². The molecule has 0 unspecified atom stereocenters. The number of pyridine rings is 1. The van der Waals surface area contributed by atoms with Crippen molar-refractivity contribution in [3.05, 3.63) is 42.1 Å². The zero-order chi connectivity index (χ0) is 14.9. The van der Waals surface area contributed by atoms with Gasteiger partial charge >= 0.3 is 0 Å². The highest BCUT2D eigenvalue weighted by molar-refractivity contribution is 5.69. The molecule has 0 saturated carbocycles. The molecule has 3 aromatic rings. The zero-order valence-corrected chi connectivity index (χ0v) is 12.7. The molecule has 4 rings (SSSR count). The summed E-state index contributed by atoms with van der Waals surface area (Å²) in [5.74, 6) is 0.997. The summed E-state index contributed by atoms with van der Waals surface area (Å²) in [6.07, 6.45) is 8.28. The molecule has 1 atom stereocenters. The molecule has 0 aromatic carbocycles. The largest absolute Gasteiger partial charge is 0.340 e. The predicted octanol–water partition coefficient (Wildman–Crippen LogP) is 2.13. The van der Waals surface area contributed by atoms with Crippen LogP contribution in [0.1, 0.15) is 24.2 Å². The van der Waals surface area contributed by atoms with E-state index in [1.807, 2.05) is 18.3 Å². The molecule has 0 amide bonds. The Morgan fingerprint density at radius 2 is 2.36 bits per heavy atom. The summed E-state index contributed by atoms with van der Waals surface area (Å²) < 4.78 is 2.05. The third kappa shape index (κ3) is 2.62. The van der Waals surface area contributed by atoms with E-state index in [1.165, 1.54) is 18.4 Å². The second kappa shape index (κ2) is 5.53. The van der Waals surface area contributed by atoms with Gasteiger partial charge in [0, 0.05) is 18.4 Å². The van der Waals surface area contributed by atoms with Crippen molar-refractivity contribution in [1.82, 2.24) is 29.6 Å². The number of H-pyrrole nitrogens is 1. The Morgan fingerprint density at radius 1 is 1.41 bits per heavy atom. The maximum absolute atomic E-state index is 4.59. The van der Waals surface area contributed by atoms with Gasteiger partial charge in [-0.1, -0.05) is 0 Å². The fraction of sp³-hybridized carbons (Fsp3) is 0.438. The van der Waals surface area contributed by atoms with Gasteiger partial charge < -0.3 is 4.98 Å². The number of nitrogens with one attached hydrogen (secondary N) is 1. The van der Waals surface area contributed by atoms with Gasteiger partial charge in [-0.15, -0.1) is 0 Å². The summed E-state index contributed by atoms with van der Waals surface area (Å²) in [4.78, 5) is 14.8. The van der Waals surface area contributed by atoms with Crippen molar-refractivity contribution in [2.24, 2.45) is 0 Å². The van der Waals surface area contributed by atoms with E-state index in [1.54, 1.807) is 6.20 Å². The molecule has 0 spiro atoms. The standard InChI is InChI=1S/C16H20N6/c1-12-8-18-22(9-12)10-13-4-3-7-21(13)11-15-19-14-5-2-6-17-16(14)20-15/h2,5-6,8-9,13H,3-4,7,10-11H2,1H3,(H,17,19,20)/t13-/m0/s1. The summed E-state index contributed by atoms with van der Waals surface area (Å²) in [5, 5.41) is 4.41. The topological polar surface area (TPSA) is 62.6 Å². The fourth-order valence-corrected chi connectivity index (χ4v) is 3.25. The SMILES string of the molecule is Cc1cnn(C[C@@H]2CCCN2Cc2nc3ncccc3[nH]2)c1. The molecule has 1 aliphatic rings. The Morgan fingerprint density at radius 3 is 3.18 bits per heavy atom. The summed E-state index contributed by atoms with van der Waals surface area (Å²) in [6, 6.07) is 4.48. The lowest BCUT2D eigenvalue weighted by molar-refractivity contribution is 0.215. The van der Waals surface area contributed by atoms with Crippen LogP contribution in [-0.2, 0) is 13.1 Å². The maximum atomic E-state index is 4.59. The molecule has 1 N–H and O–H groups in total. The number of fused-ring (bicyclic) bond motifs is 1. The Labute approximate surface area is 129 Å². The summed E-state index contributed by atoms with van der Waals surface area (Å²) in [6.45, 7) is 5.00. The first-order valence-corrected chi connectivity index (χ1v) is 7.81. The highest BCUT2D eigenvalue weighted by Crippen LogP contribution is 2.21. The van der Waals surface area contributed by atoms with Gasteiger partial charge in [-0.05, 0) is 44.0 Å². The number of aromatic amines is 1. The quantitative estimate of drug-likeness (QED) is 0.801. The van der Waals surface area contributed by atoms with Gasteiger partial charge in [0.05, 0.1) is 24.8 Å². The molecule has 1 fully saturated rings. The van der Waals surface area contributed by atoms with Crippen molar-refractivity contribution in [1.29, 1.82) is 0 Å². The van der Waals surface area contributed by atoms with E-state index in [0.29, 0.717) is 6.04 Å². The first kappa shape index (κ1) is 13.5. The average Bonchev–Trinajstić information content (AvgIpc) is 3.20. The third-order valence-electron chi connectivity index (χ3n) is 4.32. The number of rotatable bonds is 4. The molecular weight excluding hydrogens is 276 g/mol. The van der Waals surface area contributed by atoms with E-state index >= 15 is 0 Å². The second-order valence-corrected chi connectivity index (χ2v) is 6.06. The zero-order valence-electron chi connectivity index (χ0n) is 12.7. The van der Waals surface area contributed by atoms with Crippen LogP contribution in [0.5, 0.6) is 0 Å². The van der Waals surface area contributed by atoms with E-state index < -0.39 is 0 Å². The highest BCUT2D eigenvalue weighted by atomic mass is 15.3. The lowest BCUT2D eigenvalue weighted by atomic mass is 10.2. The fourth-order valence-electron chi connectivity index (χ4n) is 3.25. The molecule has 6 heteroatoms. The van der Waals surface area contributed by atoms with Gasteiger partial charge in [0.2, 0.25) is 0 Å².